The summed E-state index contributed by atoms with van der Waals surface area (Å²) >= 11 is 0. The average molecular weight is 411 g/mol. The third kappa shape index (κ3) is 10.9. The summed E-state index contributed by atoms with van der Waals surface area (Å²) in [6.07, 6.45) is -1.57. The number of carbonyl (C=O) groups is 3. The van der Waals surface area contributed by atoms with E-state index in [-0.39, 0.29) is 26.0 Å². The molecule has 0 aliphatic rings. The summed E-state index contributed by atoms with van der Waals surface area (Å²) in [7, 11) is 1.51. The molecule has 10 nitrogen and oxygen atoms in total. The Morgan fingerprint density at radius 3 is 2.41 bits per heavy atom. The van der Waals surface area contributed by atoms with E-state index in [1.807, 2.05) is 0 Å². The van der Waals surface area contributed by atoms with Crippen LogP contribution in [0.25, 0.3) is 0 Å². The first-order chi connectivity index (χ1) is 13.8. The van der Waals surface area contributed by atoms with Crippen LogP contribution in [0.3, 0.4) is 0 Å². The molecule has 0 saturated carbocycles. The van der Waals surface area contributed by atoms with E-state index in [1.54, 1.807) is 24.3 Å². The van der Waals surface area contributed by atoms with E-state index in [4.69, 9.17) is 14.6 Å². The fraction of sp³-hybridized carbons (Fsp3) is 0.526. The number of nitrogens with one attached hydrogen (secondary N) is 3. The van der Waals surface area contributed by atoms with Crippen LogP contribution in [-0.4, -0.2) is 67.1 Å². The van der Waals surface area contributed by atoms with Gasteiger partial charge < -0.3 is 35.6 Å². The zero-order chi connectivity index (χ0) is 21.6. The standard InChI is InChI=1S/C19H29N3O7/c1-13(23)12-16(24)22-18(19(27)20-9-11-28-2)21-14-5-7-15(8-6-14)29-10-3-4-17(25)26/h5-8,13,18,21,23H,3-4,9-12H2,1-2H3,(H,20,27)(H,22,24)(H,25,26). The minimum absolute atomic E-state index is 0.0334. The van der Waals surface area contributed by atoms with Crippen LogP contribution < -0.4 is 20.7 Å². The van der Waals surface area contributed by atoms with Crippen LogP contribution in [0.1, 0.15) is 26.2 Å². The Morgan fingerprint density at radius 2 is 1.83 bits per heavy atom. The van der Waals surface area contributed by atoms with Gasteiger partial charge in [0.05, 0.1) is 25.7 Å². The van der Waals surface area contributed by atoms with Crippen LogP contribution in [0.2, 0.25) is 0 Å². The van der Waals surface area contributed by atoms with Crippen molar-refractivity contribution in [1.29, 1.82) is 0 Å². The van der Waals surface area contributed by atoms with Gasteiger partial charge in [0.25, 0.3) is 5.91 Å². The third-order valence-electron chi connectivity index (χ3n) is 3.62. The van der Waals surface area contributed by atoms with Gasteiger partial charge in [-0.15, -0.1) is 0 Å². The molecule has 1 rings (SSSR count). The van der Waals surface area contributed by atoms with Crippen LogP contribution >= 0.6 is 0 Å². The number of amides is 2. The summed E-state index contributed by atoms with van der Waals surface area (Å²) in [6.45, 7) is 2.37. The molecule has 162 valence electrons. The molecule has 0 spiro atoms. The monoisotopic (exact) mass is 411 g/mol. The number of anilines is 1. The zero-order valence-electron chi connectivity index (χ0n) is 16.6. The summed E-state index contributed by atoms with van der Waals surface area (Å²) in [5, 5.41) is 26.1. The molecule has 0 aliphatic carbocycles. The van der Waals surface area contributed by atoms with Crippen molar-refractivity contribution in [1.82, 2.24) is 10.6 Å². The van der Waals surface area contributed by atoms with Gasteiger partial charge in [0.2, 0.25) is 5.91 Å². The molecule has 0 aliphatic heterocycles. The number of carboxylic acid groups (broad SMARTS) is 1. The van der Waals surface area contributed by atoms with Crippen LogP contribution in [0.15, 0.2) is 24.3 Å². The molecule has 0 radical (unpaired) electrons. The fourth-order valence-corrected chi connectivity index (χ4v) is 2.26. The van der Waals surface area contributed by atoms with Gasteiger partial charge in [0, 0.05) is 25.8 Å². The van der Waals surface area contributed by atoms with Gasteiger partial charge in [-0.05, 0) is 37.6 Å². The largest absolute Gasteiger partial charge is 0.494 e. The van der Waals surface area contributed by atoms with Crippen molar-refractivity contribution in [2.75, 3.05) is 32.2 Å². The van der Waals surface area contributed by atoms with Gasteiger partial charge in [-0.3, -0.25) is 14.4 Å². The van der Waals surface area contributed by atoms with Gasteiger partial charge in [-0.1, -0.05) is 0 Å². The van der Waals surface area contributed by atoms with Gasteiger partial charge in [-0.25, -0.2) is 0 Å². The number of benzene rings is 1. The molecule has 0 saturated heterocycles. The molecule has 0 heterocycles. The van der Waals surface area contributed by atoms with Crippen molar-refractivity contribution in [3.8, 4) is 5.75 Å². The fourth-order valence-electron chi connectivity index (χ4n) is 2.26. The number of hydrogen-bond acceptors (Lipinski definition) is 7. The Kier molecular flexibility index (Phi) is 11.1. The van der Waals surface area contributed by atoms with Crippen molar-refractivity contribution in [2.24, 2.45) is 0 Å². The van der Waals surface area contributed by atoms with Crippen molar-refractivity contribution >= 4 is 23.5 Å². The summed E-state index contributed by atoms with van der Waals surface area (Å²) in [5.74, 6) is -1.24. The minimum atomic E-state index is -1.04. The number of ether oxygens (including phenoxy) is 2. The minimum Gasteiger partial charge on any atom is -0.494 e. The van der Waals surface area contributed by atoms with Crippen molar-refractivity contribution in [2.45, 2.75) is 38.5 Å². The van der Waals surface area contributed by atoms with Crippen molar-refractivity contribution in [3.05, 3.63) is 24.3 Å². The molecular weight excluding hydrogens is 382 g/mol. The number of aliphatic hydroxyl groups excluding tert-OH is 1. The van der Waals surface area contributed by atoms with E-state index in [0.29, 0.717) is 24.5 Å². The molecule has 10 heteroatoms. The van der Waals surface area contributed by atoms with Gasteiger partial charge >= 0.3 is 5.97 Å². The Balaban J connectivity index is 2.66. The normalized spacial score (nSPS) is 12.5. The summed E-state index contributed by atoms with van der Waals surface area (Å²) in [6, 6.07) is 6.67. The lowest BCUT2D eigenvalue weighted by Gasteiger charge is -2.21. The maximum atomic E-state index is 12.4. The number of methoxy groups -OCH3 is 1. The SMILES string of the molecule is COCCNC(=O)C(NC(=O)CC(C)O)Nc1ccc(OCCCC(=O)O)cc1. The lowest BCUT2D eigenvalue weighted by Crippen LogP contribution is -2.52. The second-order valence-electron chi connectivity index (χ2n) is 6.35. The molecule has 0 fully saturated rings. The highest BCUT2D eigenvalue weighted by molar-refractivity contribution is 5.89. The number of carbonyl (C=O) groups excluding carboxylic acids is 2. The van der Waals surface area contributed by atoms with Crippen LogP contribution in [0.4, 0.5) is 5.69 Å². The number of hydrogen-bond donors (Lipinski definition) is 5. The first kappa shape index (κ1) is 24.2. The van der Waals surface area contributed by atoms with Crippen molar-refractivity contribution < 1.29 is 34.1 Å². The molecular formula is C19H29N3O7. The second-order valence-corrected chi connectivity index (χ2v) is 6.35. The second kappa shape index (κ2) is 13.3. The van der Waals surface area contributed by atoms with E-state index in [0.717, 1.165) is 0 Å². The first-order valence-corrected chi connectivity index (χ1v) is 9.27. The molecule has 0 bridgehead atoms. The maximum absolute atomic E-state index is 12.4. The molecule has 1 aromatic carbocycles. The molecule has 2 atom stereocenters. The molecule has 5 N–H and O–H groups in total. The Hall–Kier alpha value is -2.85. The Morgan fingerprint density at radius 1 is 1.14 bits per heavy atom. The van der Waals surface area contributed by atoms with Gasteiger partial charge in [0.1, 0.15) is 5.75 Å². The number of rotatable bonds is 14. The van der Waals surface area contributed by atoms with E-state index < -0.39 is 30.1 Å². The number of carboxylic acids is 1. The highest BCUT2D eigenvalue weighted by atomic mass is 16.5. The smallest absolute Gasteiger partial charge is 0.303 e. The van der Waals surface area contributed by atoms with Crippen LogP contribution in [0.5, 0.6) is 5.75 Å². The molecule has 2 unspecified atom stereocenters. The van der Waals surface area contributed by atoms with Gasteiger partial charge in [0.15, 0.2) is 6.17 Å². The quantitative estimate of drug-likeness (QED) is 0.217. The Labute approximate surface area is 169 Å². The Bertz CT molecular complexity index is 650. The zero-order valence-corrected chi connectivity index (χ0v) is 16.6. The summed E-state index contributed by atoms with van der Waals surface area (Å²) < 4.78 is 10.3. The number of aliphatic hydroxyl groups is 1. The van der Waals surface area contributed by atoms with E-state index >= 15 is 0 Å². The lowest BCUT2D eigenvalue weighted by atomic mass is 10.2. The van der Waals surface area contributed by atoms with Crippen molar-refractivity contribution in [3.63, 3.8) is 0 Å². The highest BCUT2D eigenvalue weighted by Gasteiger charge is 2.21. The summed E-state index contributed by atoms with van der Waals surface area (Å²) in [4.78, 5) is 34.8. The van der Waals surface area contributed by atoms with Gasteiger partial charge in [-0.2, -0.15) is 0 Å². The van der Waals surface area contributed by atoms with Crippen LogP contribution in [0, 0.1) is 0 Å². The van der Waals surface area contributed by atoms with E-state index in [1.165, 1.54) is 14.0 Å². The first-order valence-electron chi connectivity index (χ1n) is 9.27. The topological polar surface area (TPSA) is 146 Å². The average Bonchev–Trinajstić information content (AvgIpc) is 2.65. The molecule has 1 aromatic rings. The predicted octanol–water partition coefficient (Wildman–Crippen LogP) is 0.318. The third-order valence-corrected chi connectivity index (χ3v) is 3.62. The van der Waals surface area contributed by atoms with E-state index in [2.05, 4.69) is 16.0 Å². The highest BCUT2D eigenvalue weighted by Crippen LogP contribution is 2.16. The number of aliphatic carboxylic acids is 1. The molecule has 2 amide bonds. The van der Waals surface area contributed by atoms with E-state index in [9.17, 15) is 19.5 Å². The molecule has 0 aromatic heterocycles. The maximum Gasteiger partial charge on any atom is 0.303 e. The predicted molar refractivity (Wildman–Crippen MR) is 106 cm³/mol. The van der Waals surface area contributed by atoms with Crippen LogP contribution in [-0.2, 0) is 19.1 Å². The summed E-state index contributed by atoms with van der Waals surface area (Å²) in [5.41, 5.74) is 0.562. The molecule has 29 heavy (non-hydrogen) atoms. The lowest BCUT2D eigenvalue weighted by molar-refractivity contribution is -0.137.